The zero-order valence-corrected chi connectivity index (χ0v) is 20.6. The van der Waals surface area contributed by atoms with Crippen molar-refractivity contribution in [2.24, 2.45) is 0 Å². The molecule has 1 aromatic rings. The van der Waals surface area contributed by atoms with Crippen LogP contribution >= 0.6 is 0 Å². The molecule has 180 valence electrons. The summed E-state index contributed by atoms with van der Waals surface area (Å²) in [4.78, 5) is 40.4. The van der Waals surface area contributed by atoms with Crippen LogP contribution in [0.25, 0.3) is 0 Å². The molecule has 0 fully saturated rings. The summed E-state index contributed by atoms with van der Waals surface area (Å²) in [6.45, 7) is 14.2. The van der Waals surface area contributed by atoms with Crippen molar-refractivity contribution < 1.29 is 24.2 Å². The van der Waals surface area contributed by atoms with Gasteiger partial charge in [-0.15, -0.1) is 0 Å². The topological polar surface area (TPSA) is 108 Å². The number of carbonyl (C=O) groups excluding carboxylic acids is 3. The van der Waals surface area contributed by atoms with Crippen molar-refractivity contribution in [3.63, 3.8) is 0 Å². The summed E-state index contributed by atoms with van der Waals surface area (Å²) in [6, 6.07) is 3.36. The van der Waals surface area contributed by atoms with Crippen molar-refractivity contribution in [2.45, 2.75) is 85.5 Å². The van der Waals surface area contributed by atoms with Crippen LogP contribution in [-0.4, -0.2) is 58.8 Å². The molecule has 0 saturated heterocycles. The van der Waals surface area contributed by atoms with Crippen LogP contribution in [0.4, 0.5) is 4.79 Å². The molecular formula is C24H39N3O5. The van der Waals surface area contributed by atoms with Crippen molar-refractivity contribution in [3.8, 4) is 0 Å². The van der Waals surface area contributed by atoms with Gasteiger partial charge in [0.15, 0.2) is 0 Å². The van der Waals surface area contributed by atoms with Crippen LogP contribution in [0.2, 0.25) is 0 Å². The lowest BCUT2D eigenvalue weighted by molar-refractivity contribution is -0.143. The first kappa shape index (κ1) is 27.4. The largest absolute Gasteiger partial charge is 0.444 e. The number of ether oxygens (including phenoxy) is 1. The normalized spacial score (nSPS) is 13.3. The fourth-order valence-electron chi connectivity index (χ4n) is 3.33. The van der Waals surface area contributed by atoms with Gasteiger partial charge in [0.2, 0.25) is 11.8 Å². The van der Waals surface area contributed by atoms with E-state index in [0.29, 0.717) is 12.0 Å². The first-order valence-electron chi connectivity index (χ1n) is 11.1. The van der Waals surface area contributed by atoms with Gasteiger partial charge in [0.25, 0.3) is 0 Å². The molecule has 0 aromatic heterocycles. The van der Waals surface area contributed by atoms with Crippen LogP contribution in [0.15, 0.2) is 18.2 Å². The number of hydrogen-bond donors (Lipinski definition) is 3. The molecule has 3 N–H and O–H groups in total. The highest BCUT2D eigenvalue weighted by atomic mass is 16.6. The molecule has 0 aliphatic rings. The van der Waals surface area contributed by atoms with Crippen LogP contribution in [0.3, 0.4) is 0 Å². The molecule has 8 heteroatoms. The number of nitrogens with one attached hydrogen (secondary N) is 2. The van der Waals surface area contributed by atoms with Crippen LogP contribution in [-0.2, 0) is 14.3 Å². The fourth-order valence-corrected chi connectivity index (χ4v) is 3.33. The van der Waals surface area contributed by atoms with Gasteiger partial charge in [0.1, 0.15) is 17.7 Å². The highest BCUT2D eigenvalue weighted by Gasteiger charge is 2.36. The molecule has 0 aliphatic carbocycles. The number of carbonyl (C=O) groups is 3. The molecule has 2 unspecified atom stereocenters. The molecule has 0 saturated carbocycles. The van der Waals surface area contributed by atoms with Gasteiger partial charge in [0.05, 0.1) is 6.61 Å². The Morgan fingerprint density at radius 1 is 1.12 bits per heavy atom. The van der Waals surface area contributed by atoms with E-state index < -0.39 is 36.3 Å². The molecule has 0 radical (unpaired) electrons. The van der Waals surface area contributed by atoms with Crippen molar-refractivity contribution in [3.05, 3.63) is 34.9 Å². The molecule has 32 heavy (non-hydrogen) atoms. The lowest BCUT2D eigenvalue weighted by Gasteiger charge is -2.35. The van der Waals surface area contributed by atoms with Gasteiger partial charge >= 0.3 is 6.09 Å². The van der Waals surface area contributed by atoms with Gasteiger partial charge in [-0.1, -0.05) is 25.1 Å². The number of nitrogens with zero attached hydrogens (tertiary/aromatic N) is 1. The minimum atomic E-state index is -1.24. The third-order valence-electron chi connectivity index (χ3n) is 4.85. The first-order valence-corrected chi connectivity index (χ1v) is 11.1. The fraction of sp³-hybridized carbons (Fsp3) is 0.625. The van der Waals surface area contributed by atoms with Crippen LogP contribution in [0.1, 0.15) is 70.7 Å². The zero-order chi connectivity index (χ0) is 24.6. The van der Waals surface area contributed by atoms with Gasteiger partial charge in [0, 0.05) is 12.6 Å². The number of hydrogen-bond acceptors (Lipinski definition) is 5. The number of rotatable bonds is 9. The summed E-state index contributed by atoms with van der Waals surface area (Å²) in [6.07, 6.45) is -0.219. The molecule has 2 atom stereocenters. The summed E-state index contributed by atoms with van der Waals surface area (Å²) in [5.41, 5.74) is 1.86. The molecule has 0 bridgehead atoms. The number of aliphatic hydroxyl groups is 1. The van der Waals surface area contributed by atoms with Crippen molar-refractivity contribution in [1.29, 1.82) is 0 Å². The van der Waals surface area contributed by atoms with E-state index in [1.807, 2.05) is 52.8 Å². The SMILES string of the molecule is CCCN(C(=O)C(CO)NC(=O)OC(C)(C)C)C(C(=O)NC(C)C)c1cccc(C)c1C. The maximum Gasteiger partial charge on any atom is 0.408 e. The average Bonchev–Trinajstić information content (AvgIpc) is 2.66. The lowest BCUT2D eigenvalue weighted by Crippen LogP contribution is -2.55. The summed E-state index contributed by atoms with van der Waals surface area (Å²) in [7, 11) is 0. The molecule has 0 spiro atoms. The third-order valence-corrected chi connectivity index (χ3v) is 4.85. The second-order valence-electron chi connectivity index (χ2n) is 9.27. The molecule has 8 nitrogen and oxygen atoms in total. The van der Waals surface area contributed by atoms with Crippen molar-refractivity contribution in [2.75, 3.05) is 13.2 Å². The van der Waals surface area contributed by atoms with E-state index in [0.717, 1.165) is 11.1 Å². The molecule has 3 amide bonds. The van der Waals surface area contributed by atoms with E-state index in [2.05, 4.69) is 10.6 Å². The number of benzene rings is 1. The Labute approximate surface area is 191 Å². The Morgan fingerprint density at radius 3 is 2.25 bits per heavy atom. The Balaban J connectivity index is 3.39. The third kappa shape index (κ3) is 7.82. The van der Waals surface area contributed by atoms with Gasteiger partial charge in [-0.05, 0) is 71.6 Å². The molecule has 1 rings (SSSR count). The van der Waals surface area contributed by atoms with Gasteiger partial charge in [-0.2, -0.15) is 0 Å². The zero-order valence-electron chi connectivity index (χ0n) is 20.6. The number of aryl methyl sites for hydroxylation is 1. The summed E-state index contributed by atoms with van der Waals surface area (Å²) < 4.78 is 5.23. The van der Waals surface area contributed by atoms with Crippen LogP contribution < -0.4 is 10.6 Å². The maximum atomic E-state index is 13.5. The smallest absolute Gasteiger partial charge is 0.408 e. The van der Waals surface area contributed by atoms with Gasteiger partial charge in [-0.25, -0.2) is 4.79 Å². The molecule has 0 heterocycles. The Hall–Kier alpha value is -2.61. The predicted octanol–water partition coefficient (Wildman–Crippen LogP) is 2.99. The lowest BCUT2D eigenvalue weighted by atomic mass is 9.94. The Bertz CT molecular complexity index is 801. The number of aliphatic hydroxyl groups excluding tert-OH is 1. The monoisotopic (exact) mass is 449 g/mol. The first-order chi connectivity index (χ1) is 14.8. The second-order valence-corrected chi connectivity index (χ2v) is 9.27. The predicted molar refractivity (Wildman–Crippen MR) is 124 cm³/mol. The van der Waals surface area contributed by atoms with E-state index >= 15 is 0 Å². The standard InChI is InChI=1S/C24H39N3O5/c1-9-13-27(22(30)19(14-28)26-23(31)32-24(6,7)8)20(21(29)25-15(2)3)18-12-10-11-16(4)17(18)5/h10-12,15,19-20,28H,9,13-14H2,1-8H3,(H,25,29)(H,26,31). The highest BCUT2D eigenvalue weighted by molar-refractivity contribution is 5.92. The minimum Gasteiger partial charge on any atom is -0.444 e. The Morgan fingerprint density at radius 2 is 1.75 bits per heavy atom. The van der Waals surface area contributed by atoms with Crippen LogP contribution in [0, 0.1) is 13.8 Å². The van der Waals surface area contributed by atoms with E-state index in [9.17, 15) is 19.5 Å². The van der Waals surface area contributed by atoms with E-state index in [4.69, 9.17) is 4.74 Å². The summed E-state index contributed by atoms with van der Waals surface area (Å²) in [5, 5.41) is 15.2. The number of amides is 3. The Kier molecular flexibility index (Phi) is 10.2. The van der Waals surface area contributed by atoms with Crippen molar-refractivity contribution >= 4 is 17.9 Å². The maximum absolute atomic E-state index is 13.5. The summed E-state index contributed by atoms with van der Waals surface area (Å²) >= 11 is 0. The molecular weight excluding hydrogens is 410 g/mol. The average molecular weight is 450 g/mol. The van der Waals surface area contributed by atoms with Gasteiger partial charge < -0.3 is 25.4 Å². The quantitative estimate of drug-likeness (QED) is 0.537. The van der Waals surface area contributed by atoms with Crippen molar-refractivity contribution in [1.82, 2.24) is 15.5 Å². The summed E-state index contributed by atoms with van der Waals surface area (Å²) in [5.74, 6) is -0.866. The molecule has 1 aromatic carbocycles. The minimum absolute atomic E-state index is 0.123. The van der Waals surface area contributed by atoms with Gasteiger partial charge in [-0.3, -0.25) is 9.59 Å². The van der Waals surface area contributed by atoms with E-state index in [-0.39, 0.29) is 18.5 Å². The highest BCUT2D eigenvalue weighted by Crippen LogP contribution is 2.27. The number of alkyl carbamates (subject to hydrolysis) is 1. The second kappa shape index (κ2) is 11.9. The van der Waals surface area contributed by atoms with Crippen LogP contribution in [0.5, 0.6) is 0 Å². The van der Waals surface area contributed by atoms with E-state index in [1.165, 1.54) is 4.90 Å². The molecule has 0 aliphatic heterocycles. The van der Waals surface area contributed by atoms with E-state index in [1.54, 1.807) is 20.8 Å².